The second kappa shape index (κ2) is 9.02. The van der Waals surface area contributed by atoms with Crippen molar-refractivity contribution in [1.82, 2.24) is 25.0 Å². The molecule has 1 aliphatic carbocycles. The summed E-state index contributed by atoms with van der Waals surface area (Å²) < 4.78 is 17.6. The maximum absolute atomic E-state index is 14.2. The standard InChI is InChI=1S/C22H31FN6O/c1-2-24-20(26-16-22(11-12-22)17-8-3-4-9-18(17)23)25-13-7-15-29-21(30)28-14-6-5-10-19(28)27-29/h3-4,8-9H,2,5-7,10-16H2,1H3,(H2,24,25,26). The molecule has 1 aromatic heterocycles. The normalized spacial score (nSPS) is 17.5. The number of fused-ring (bicyclic) bond motifs is 1. The average Bonchev–Trinajstić information content (AvgIpc) is 3.48. The summed E-state index contributed by atoms with van der Waals surface area (Å²) in [6, 6.07) is 7.02. The van der Waals surface area contributed by atoms with E-state index in [1.165, 1.54) is 6.07 Å². The number of halogens is 1. The van der Waals surface area contributed by atoms with Gasteiger partial charge in [-0.25, -0.2) is 13.9 Å². The van der Waals surface area contributed by atoms with Gasteiger partial charge in [0.2, 0.25) is 0 Å². The Bertz CT molecular complexity index is 959. The maximum atomic E-state index is 14.2. The molecule has 0 saturated heterocycles. The van der Waals surface area contributed by atoms with Crippen molar-refractivity contribution in [2.75, 3.05) is 19.6 Å². The zero-order valence-corrected chi connectivity index (χ0v) is 17.7. The van der Waals surface area contributed by atoms with Crippen molar-refractivity contribution in [2.45, 2.75) is 64.0 Å². The molecule has 0 unspecified atom stereocenters. The number of hydrogen-bond donors (Lipinski definition) is 2. The summed E-state index contributed by atoms with van der Waals surface area (Å²) in [5, 5.41) is 11.1. The summed E-state index contributed by atoms with van der Waals surface area (Å²) in [4.78, 5) is 17.1. The maximum Gasteiger partial charge on any atom is 0.345 e. The van der Waals surface area contributed by atoms with Crippen molar-refractivity contribution in [1.29, 1.82) is 0 Å². The van der Waals surface area contributed by atoms with Gasteiger partial charge in [0.25, 0.3) is 0 Å². The van der Waals surface area contributed by atoms with Gasteiger partial charge in [-0.2, -0.15) is 5.10 Å². The summed E-state index contributed by atoms with van der Waals surface area (Å²) >= 11 is 0. The van der Waals surface area contributed by atoms with Gasteiger partial charge >= 0.3 is 5.69 Å². The van der Waals surface area contributed by atoms with E-state index in [0.29, 0.717) is 19.6 Å². The van der Waals surface area contributed by atoms with Gasteiger partial charge in [0.05, 0.1) is 6.54 Å². The molecule has 2 aliphatic rings. The van der Waals surface area contributed by atoms with E-state index in [-0.39, 0.29) is 16.9 Å². The van der Waals surface area contributed by atoms with Gasteiger partial charge in [0.15, 0.2) is 5.96 Å². The fraction of sp³-hybridized carbons (Fsp3) is 0.591. The first-order valence-electron chi connectivity index (χ1n) is 11.1. The average molecular weight is 415 g/mol. The minimum Gasteiger partial charge on any atom is -0.357 e. The Morgan fingerprint density at radius 3 is 2.83 bits per heavy atom. The number of hydrogen-bond acceptors (Lipinski definition) is 3. The van der Waals surface area contributed by atoms with Crippen LogP contribution in [0.2, 0.25) is 0 Å². The van der Waals surface area contributed by atoms with Crippen molar-refractivity contribution in [3.63, 3.8) is 0 Å². The highest BCUT2D eigenvalue weighted by Crippen LogP contribution is 2.49. The molecule has 0 spiro atoms. The zero-order valence-electron chi connectivity index (χ0n) is 17.7. The van der Waals surface area contributed by atoms with E-state index in [9.17, 15) is 9.18 Å². The van der Waals surface area contributed by atoms with Gasteiger partial charge < -0.3 is 10.6 Å². The monoisotopic (exact) mass is 414 g/mol. The second-order valence-electron chi connectivity index (χ2n) is 8.27. The van der Waals surface area contributed by atoms with E-state index in [1.54, 1.807) is 15.3 Å². The Morgan fingerprint density at radius 1 is 1.27 bits per heavy atom. The molecule has 2 aromatic rings. The molecule has 0 atom stereocenters. The highest BCUT2D eigenvalue weighted by molar-refractivity contribution is 5.79. The minimum atomic E-state index is -0.170. The molecule has 4 rings (SSSR count). The molecule has 1 aliphatic heterocycles. The van der Waals surface area contributed by atoms with Crippen molar-refractivity contribution in [2.24, 2.45) is 4.99 Å². The first kappa shape index (κ1) is 20.6. The van der Waals surface area contributed by atoms with E-state index < -0.39 is 0 Å². The highest BCUT2D eigenvalue weighted by Gasteiger charge is 2.45. The lowest BCUT2D eigenvalue weighted by Crippen LogP contribution is -2.39. The van der Waals surface area contributed by atoms with Crippen LogP contribution >= 0.6 is 0 Å². The largest absolute Gasteiger partial charge is 0.357 e. The molecule has 1 aromatic carbocycles. The number of aryl methyl sites for hydroxylation is 2. The van der Waals surface area contributed by atoms with Gasteiger partial charge in [-0.3, -0.25) is 9.56 Å². The molecule has 0 bridgehead atoms. The number of aromatic nitrogens is 3. The summed E-state index contributed by atoms with van der Waals surface area (Å²) in [7, 11) is 0. The van der Waals surface area contributed by atoms with Crippen molar-refractivity contribution in [3.8, 4) is 0 Å². The lowest BCUT2D eigenvalue weighted by molar-refractivity contribution is 0.509. The van der Waals surface area contributed by atoms with E-state index in [4.69, 9.17) is 4.99 Å². The van der Waals surface area contributed by atoms with Crippen molar-refractivity contribution in [3.05, 3.63) is 52.0 Å². The topological polar surface area (TPSA) is 76.2 Å². The summed E-state index contributed by atoms with van der Waals surface area (Å²) in [5.74, 6) is 1.50. The molecular formula is C22H31FN6O. The minimum absolute atomic E-state index is 0.00540. The second-order valence-corrected chi connectivity index (χ2v) is 8.27. The molecule has 2 N–H and O–H groups in total. The van der Waals surface area contributed by atoms with Crippen LogP contribution in [0.4, 0.5) is 4.39 Å². The van der Waals surface area contributed by atoms with Crippen LogP contribution in [0.25, 0.3) is 0 Å². The molecular weight excluding hydrogens is 383 g/mol. The summed E-state index contributed by atoms with van der Waals surface area (Å²) in [6.45, 7) is 5.41. The molecule has 2 heterocycles. The van der Waals surface area contributed by atoms with Crippen LogP contribution in [0.1, 0.15) is 50.4 Å². The van der Waals surface area contributed by atoms with Crippen LogP contribution in [0.15, 0.2) is 34.1 Å². The molecule has 8 heteroatoms. The van der Waals surface area contributed by atoms with E-state index in [0.717, 1.165) is 69.0 Å². The van der Waals surface area contributed by atoms with Gasteiger partial charge in [-0.1, -0.05) is 18.2 Å². The lowest BCUT2D eigenvalue weighted by atomic mass is 9.95. The number of nitrogens with one attached hydrogen (secondary N) is 2. The van der Waals surface area contributed by atoms with Gasteiger partial charge in [-0.15, -0.1) is 0 Å². The predicted molar refractivity (Wildman–Crippen MR) is 115 cm³/mol. The van der Waals surface area contributed by atoms with Crippen LogP contribution in [0.3, 0.4) is 0 Å². The number of aliphatic imine (C=N–C) groups is 1. The van der Waals surface area contributed by atoms with E-state index in [2.05, 4.69) is 15.7 Å². The Morgan fingerprint density at radius 2 is 2.10 bits per heavy atom. The fourth-order valence-electron chi connectivity index (χ4n) is 4.16. The van der Waals surface area contributed by atoms with Crippen LogP contribution in [-0.2, 0) is 24.9 Å². The molecule has 1 saturated carbocycles. The van der Waals surface area contributed by atoms with E-state index >= 15 is 0 Å². The summed E-state index contributed by atoms with van der Waals surface area (Å²) in [6.07, 6.45) is 5.75. The van der Waals surface area contributed by atoms with Crippen LogP contribution in [0, 0.1) is 5.82 Å². The van der Waals surface area contributed by atoms with Crippen LogP contribution in [-0.4, -0.2) is 39.9 Å². The highest BCUT2D eigenvalue weighted by atomic mass is 19.1. The first-order chi connectivity index (χ1) is 14.6. The number of guanidine groups is 1. The van der Waals surface area contributed by atoms with Gasteiger partial charge in [0.1, 0.15) is 11.6 Å². The van der Waals surface area contributed by atoms with Crippen LogP contribution in [0.5, 0.6) is 0 Å². The Balaban J connectivity index is 1.32. The number of rotatable bonds is 8. The molecule has 7 nitrogen and oxygen atoms in total. The fourth-order valence-corrected chi connectivity index (χ4v) is 4.16. The smallest absolute Gasteiger partial charge is 0.345 e. The first-order valence-corrected chi connectivity index (χ1v) is 11.1. The van der Waals surface area contributed by atoms with Crippen molar-refractivity contribution >= 4 is 5.96 Å². The quantitative estimate of drug-likeness (QED) is 0.394. The SMILES string of the molecule is CCNC(=NCC1(c2ccccc2F)CC1)NCCCn1nc2n(c1=O)CCCC2. The predicted octanol–water partition coefficient (Wildman–Crippen LogP) is 2.20. The van der Waals surface area contributed by atoms with Gasteiger partial charge in [-0.05, 0) is 50.7 Å². The molecule has 1 fully saturated rings. The number of benzene rings is 1. The van der Waals surface area contributed by atoms with Gasteiger partial charge in [0, 0.05) is 38.0 Å². The lowest BCUT2D eigenvalue weighted by Gasteiger charge is -2.16. The third-order valence-electron chi connectivity index (χ3n) is 6.05. The zero-order chi connectivity index (χ0) is 21.0. The molecule has 0 amide bonds. The molecule has 30 heavy (non-hydrogen) atoms. The van der Waals surface area contributed by atoms with Crippen molar-refractivity contribution < 1.29 is 4.39 Å². The Hall–Kier alpha value is -2.64. The Kier molecular flexibility index (Phi) is 6.20. The van der Waals surface area contributed by atoms with Crippen LogP contribution < -0.4 is 16.3 Å². The summed E-state index contributed by atoms with van der Waals surface area (Å²) in [5.41, 5.74) is 0.606. The number of nitrogens with zero attached hydrogens (tertiary/aromatic N) is 4. The Labute approximate surface area is 176 Å². The molecule has 0 radical (unpaired) electrons. The van der Waals surface area contributed by atoms with E-state index in [1.807, 2.05) is 19.1 Å². The third-order valence-corrected chi connectivity index (χ3v) is 6.05. The molecule has 162 valence electrons. The third kappa shape index (κ3) is 4.42.